The molecular formula is C30H60O11. The van der Waals surface area contributed by atoms with Crippen LogP contribution in [0.25, 0.3) is 0 Å². The van der Waals surface area contributed by atoms with Crippen LogP contribution in [-0.2, 0) is 52.2 Å². The average Bonchev–Trinajstić information content (AvgIpc) is 2.92. The van der Waals surface area contributed by atoms with Crippen LogP contribution in [0.4, 0.5) is 0 Å². The smallest absolute Gasteiger partial charge is 0.308 e. The predicted molar refractivity (Wildman–Crippen MR) is 157 cm³/mol. The lowest BCUT2D eigenvalue weighted by atomic mass is 10.2. The summed E-state index contributed by atoms with van der Waals surface area (Å²) in [5.74, 6) is -0.260. The van der Waals surface area contributed by atoms with E-state index in [1.54, 1.807) is 0 Å². The van der Waals surface area contributed by atoms with Crippen molar-refractivity contribution in [3.05, 3.63) is 0 Å². The molecule has 0 N–H and O–H groups in total. The van der Waals surface area contributed by atoms with Crippen molar-refractivity contribution in [1.29, 1.82) is 0 Å². The van der Waals surface area contributed by atoms with E-state index in [1.807, 2.05) is 20.8 Å². The van der Waals surface area contributed by atoms with Gasteiger partial charge in [-0.05, 0) is 27.2 Å². The predicted octanol–water partition coefficient (Wildman–Crippen LogP) is 3.84. The van der Waals surface area contributed by atoms with Gasteiger partial charge in [-0.3, -0.25) is 4.79 Å². The molecule has 0 saturated heterocycles. The summed E-state index contributed by atoms with van der Waals surface area (Å²) in [5.41, 5.74) is -0.467. The molecule has 0 spiro atoms. The van der Waals surface area contributed by atoms with Gasteiger partial charge in [-0.2, -0.15) is 0 Å². The van der Waals surface area contributed by atoms with Crippen LogP contribution in [-0.4, -0.2) is 130 Å². The van der Waals surface area contributed by atoms with Crippen molar-refractivity contribution in [1.82, 2.24) is 0 Å². The number of unbranched alkanes of at least 4 members (excludes halogenated alkanes) is 4. The number of carbonyl (C=O) groups excluding carboxylic acids is 1. The van der Waals surface area contributed by atoms with Gasteiger partial charge in [0.05, 0.1) is 119 Å². The van der Waals surface area contributed by atoms with Gasteiger partial charge < -0.3 is 47.4 Å². The second kappa shape index (κ2) is 32.0. The van der Waals surface area contributed by atoms with Crippen molar-refractivity contribution in [2.75, 3.05) is 119 Å². The van der Waals surface area contributed by atoms with Crippen LogP contribution in [0.15, 0.2) is 0 Å². The normalized spacial score (nSPS) is 11.8. The van der Waals surface area contributed by atoms with Gasteiger partial charge in [0.15, 0.2) is 0 Å². The Morgan fingerprint density at radius 3 is 1.02 bits per heavy atom. The molecule has 11 nitrogen and oxygen atoms in total. The lowest BCUT2D eigenvalue weighted by Gasteiger charge is -2.19. The minimum atomic E-state index is -0.467. The summed E-state index contributed by atoms with van der Waals surface area (Å²) in [6.07, 6.45) is 6.51. The number of hydrogen-bond donors (Lipinski definition) is 0. The highest BCUT2D eigenvalue weighted by molar-refractivity contribution is 5.69. The third-order valence-corrected chi connectivity index (χ3v) is 5.24. The van der Waals surface area contributed by atoms with Crippen LogP contribution in [0.5, 0.6) is 0 Å². The summed E-state index contributed by atoms with van der Waals surface area (Å²) in [6.45, 7) is 17.2. The summed E-state index contributed by atoms with van der Waals surface area (Å²) in [5, 5.41) is 0. The van der Waals surface area contributed by atoms with Gasteiger partial charge in [-0.15, -0.1) is 0 Å². The Morgan fingerprint density at radius 2 is 0.707 bits per heavy atom. The van der Waals surface area contributed by atoms with Crippen LogP contribution < -0.4 is 0 Å². The van der Waals surface area contributed by atoms with Crippen LogP contribution in [0.3, 0.4) is 0 Å². The molecule has 0 aliphatic carbocycles. The van der Waals surface area contributed by atoms with E-state index in [9.17, 15) is 4.79 Å². The molecule has 246 valence electrons. The van der Waals surface area contributed by atoms with E-state index in [4.69, 9.17) is 47.4 Å². The van der Waals surface area contributed by atoms with E-state index >= 15 is 0 Å². The second-order valence-electron chi connectivity index (χ2n) is 10.3. The van der Waals surface area contributed by atoms with E-state index < -0.39 is 5.60 Å². The molecule has 11 heteroatoms. The molecule has 0 aromatic heterocycles. The Balaban J connectivity index is 3.09. The third-order valence-electron chi connectivity index (χ3n) is 5.24. The fraction of sp³-hybridized carbons (Fsp3) is 0.967. The molecule has 0 saturated carbocycles. The lowest BCUT2D eigenvalue weighted by Crippen LogP contribution is -2.24. The molecule has 0 unspecified atom stereocenters. The highest BCUT2D eigenvalue weighted by Gasteiger charge is 2.15. The zero-order chi connectivity index (χ0) is 30.1. The van der Waals surface area contributed by atoms with Crippen LogP contribution >= 0.6 is 0 Å². The maximum atomic E-state index is 11.5. The van der Waals surface area contributed by atoms with Gasteiger partial charge in [-0.25, -0.2) is 0 Å². The van der Waals surface area contributed by atoms with E-state index in [2.05, 4.69) is 6.92 Å². The molecule has 41 heavy (non-hydrogen) atoms. The summed E-state index contributed by atoms with van der Waals surface area (Å²) < 4.78 is 54.4. The van der Waals surface area contributed by atoms with Crippen molar-refractivity contribution in [3.8, 4) is 0 Å². The van der Waals surface area contributed by atoms with E-state index in [0.717, 1.165) is 13.0 Å². The SMILES string of the molecule is CCCCCCCOCCOCCOCCOCCOCCOCCOCCOCCOCCC(=O)OC(C)(C)C. The first-order valence-corrected chi connectivity index (χ1v) is 15.4. The fourth-order valence-electron chi connectivity index (χ4n) is 3.22. The Kier molecular flexibility index (Phi) is 31.3. The fourth-order valence-corrected chi connectivity index (χ4v) is 3.22. The zero-order valence-electron chi connectivity index (χ0n) is 26.5. The molecule has 0 fully saturated rings. The molecule has 0 radical (unpaired) electrons. The summed E-state index contributed by atoms with van der Waals surface area (Å²) >= 11 is 0. The molecule has 0 heterocycles. The molecule has 0 amide bonds. The monoisotopic (exact) mass is 596 g/mol. The minimum Gasteiger partial charge on any atom is -0.460 e. The standard InChI is InChI=1S/C30H60O11/c1-5-6-7-8-9-11-32-13-15-34-17-19-36-21-23-38-25-27-40-28-26-39-24-22-37-20-18-35-16-14-33-12-10-29(31)41-30(2,3)4/h5-28H2,1-4H3. The summed E-state index contributed by atoms with van der Waals surface area (Å²) in [4.78, 5) is 11.5. The molecule has 0 aliphatic rings. The Bertz CT molecular complexity index is 529. The van der Waals surface area contributed by atoms with Gasteiger partial charge in [0.25, 0.3) is 0 Å². The maximum absolute atomic E-state index is 11.5. The lowest BCUT2D eigenvalue weighted by molar-refractivity contribution is -0.156. The first-order chi connectivity index (χ1) is 20.0. The first kappa shape index (κ1) is 40.1. The quantitative estimate of drug-likeness (QED) is 0.0814. The van der Waals surface area contributed by atoms with Gasteiger partial charge in [0, 0.05) is 6.61 Å². The van der Waals surface area contributed by atoms with Crippen LogP contribution in [0.1, 0.15) is 66.2 Å². The first-order valence-electron chi connectivity index (χ1n) is 15.4. The van der Waals surface area contributed by atoms with E-state index in [-0.39, 0.29) is 12.4 Å². The number of ether oxygens (including phenoxy) is 10. The molecule has 0 aliphatic heterocycles. The van der Waals surface area contributed by atoms with Crippen molar-refractivity contribution in [3.63, 3.8) is 0 Å². The molecule has 0 aromatic carbocycles. The Hall–Kier alpha value is -0.890. The third kappa shape index (κ3) is 37.1. The van der Waals surface area contributed by atoms with Gasteiger partial charge in [0.2, 0.25) is 0 Å². The highest BCUT2D eigenvalue weighted by Crippen LogP contribution is 2.08. The molecule has 0 rings (SSSR count). The van der Waals surface area contributed by atoms with Crippen LogP contribution in [0, 0.1) is 0 Å². The van der Waals surface area contributed by atoms with Crippen molar-refractivity contribution < 1.29 is 52.2 Å². The maximum Gasteiger partial charge on any atom is 0.308 e. The molecule has 0 atom stereocenters. The number of hydrogen-bond acceptors (Lipinski definition) is 11. The number of esters is 1. The average molecular weight is 597 g/mol. The van der Waals surface area contributed by atoms with Gasteiger partial charge >= 0.3 is 5.97 Å². The second-order valence-corrected chi connectivity index (χ2v) is 10.3. The van der Waals surface area contributed by atoms with Gasteiger partial charge in [-0.1, -0.05) is 32.6 Å². The van der Waals surface area contributed by atoms with Crippen molar-refractivity contribution in [2.24, 2.45) is 0 Å². The van der Waals surface area contributed by atoms with Gasteiger partial charge in [0.1, 0.15) is 5.60 Å². The van der Waals surface area contributed by atoms with Crippen molar-refractivity contribution in [2.45, 2.75) is 71.8 Å². The van der Waals surface area contributed by atoms with E-state index in [1.165, 1.54) is 25.7 Å². The molecule has 0 aromatic rings. The highest BCUT2D eigenvalue weighted by atomic mass is 16.6. The Labute approximate surface area is 249 Å². The topological polar surface area (TPSA) is 109 Å². The summed E-state index contributed by atoms with van der Waals surface area (Å²) in [6, 6.07) is 0. The minimum absolute atomic E-state index is 0.238. The zero-order valence-corrected chi connectivity index (χ0v) is 26.5. The Morgan fingerprint density at radius 1 is 0.415 bits per heavy atom. The largest absolute Gasteiger partial charge is 0.460 e. The number of carbonyl (C=O) groups is 1. The van der Waals surface area contributed by atoms with Crippen LogP contribution in [0.2, 0.25) is 0 Å². The number of rotatable bonds is 33. The molecular weight excluding hydrogens is 536 g/mol. The van der Waals surface area contributed by atoms with E-state index in [0.29, 0.717) is 112 Å². The molecule has 0 bridgehead atoms. The van der Waals surface area contributed by atoms with Crippen molar-refractivity contribution >= 4 is 5.97 Å². The summed E-state index contributed by atoms with van der Waals surface area (Å²) in [7, 11) is 0.